The van der Waals surface area contributed by atoms with Crippen LogP contribution in [-0.2, 0) is 22.4 Å². The van der Waals surface area contributed by atoms with Gasteiger partial charge in [0, 0.05) is 29.2 Å². The molecular formula is C16H18N2O4S. The van der Waals surface area contributed by atoms with Gasteiger partial charge in [-0.1, -0.05) is 0 Å². The third-order valence-electron chi connectivity index (χ3n) is 4.34. The van der Waals surface area contributed by atoms with E-state index in [1.807, 2.05) is 36.1 Å². The molecule has 3 rings (SSSR count). The number of hydrogen-bond acceptors (Lipinski definition) is 5. The van der Waals surface area contributed by atoms with E-state index in [0.717, 1.165) is 5.56 Å². The topological polar surface area (TPSA) is 84.5 Å². The van der Waals surface area contributed by atoms with Gasteiger partial charge in [-0.15, -0.1) is 11.8 Å². The summed E-state index contributed by atoms with van der Waals surface area (Å²) in [6, 6.07) is 3.69. The number of aryl methyl sites for hydroxylation is 1. The number of carboxylic acids is 1. The molecule has 0 bridgehead atoms. The van der Waals surface area contributed by atoms with Gasteiger partial charge in [-0.05, 0) is 12.5 Å². The summed E-state index contributed by atoms with van der Waals surface area (Å²) in [5.41, 5.74) is 1.05. The van der Waals surface area contributed by atoms with Gasteiger partial charge in [0.15, 0.2) is 12.4 Å². The lowest BCUT2D eigenvalue weighted by atomic mass is 9.83. The Bertz CT molecular complexity index is 684. The number of rotatable bonds is 5. The van der Waals surface area contributed by atoms with Gasteiger partial charge in [0.05, 0.1) is 29.7 Å². The van der Waals surface area contributed by atoms with Crippen molar-refractivity contribution in [2.45, 2.75) is 31.2 Å². The van der Waals surface area contributed by atoms with E-state index in [1.165, 1.54) is 16.7 Å². The van der Waals surface area contributed by atoms with Crippen molar-refractivity contribution < 1.29 is 24.4 Å². The van der Waals surface area contributed by atoms with Gasteiger partial charge in [0.2, 0.25) is 5.91 Å². The van der Waals surface area contributed by atoms with Crippen LogP contribution in [0.1, 0.15) is 18.9 Å². The van der Waals surface area contributed by atoms with Crippen molar-refractivity contribution in [1.82, 2.24) is 4.90 Å². The van der Waals surface area contributed by atoms with E-state index in [4.69, 9.17) is 0 Å². The minimum atomic E-state index is -1.33. The fourth-order valence-electron chi connectivity index (χ4n) is 3.15. The zero-order chi connectivity index (χ0) is 16.7. The highest BCUT2D eigenvalue weighted by molar-refractivity contribution is 8.02. The van der Waals surface area contributed by atoms with Crippen LogP contribution in [0.5, 0.6) is 0 Å². The maximum absolute atomic E-state index is 12.1. The normalized spacial score (nSPS) is 24.5. The van der Waals surface area contributed by atoms with Gasteiger partial charge in [-0.25, -0.2) is 4.57 Å². The number of thioether (sulfide) groups is 1. The van der Waals surface area contributed by atoms with Crippen molar-refractivity contribution in [3.63, 3.8) is 0 Å². The Labute approximate surface area is 138 Å². The molecule has 7 heteroatoms. The van der Waals surface area contributed by atoms with Crippen LogP contribution >= 0.6 is 11.8 Å². The molecule has 1 aromatic heterocycles. The van der Waals surface area contributed by atoms with Gasteiger partial charge in [0.1, 0.15) is 7.05 Å². The van der Waals surface area contributed by atoms with Crippen molar-refractivity contribution in [3.05, 3.63) is 40.7 Å². The molecule has 3 atom stereocenters. The number of carbonyl (C=O) groups excluding carboxylic acids is 2. The molecule has 1 saturated heterocycles. The van der Waals surface area contributed by atoms with E-state index >= 15 is 0 Å². The van der Waals surface area contributed by atoms with Crippen molar-refractivity contribution in [3.8, 4) is 0 Å². The standard InChI is InChI=1S/C16H18N2O4S/c1-9(19)13-11-7-12(14(16(21)22)18(11)15(13)20)23-8-10-3-5-17(2)6-4-10/h3-6,9,11,13,19H,7-8H2,1-2H3/t9?,11?,13-/m1/s1. The number of aliphatic hydroxyl groups is 1. The van der Waals surface area contributed by atoms with Crippen LogP contribution < -0.4 is 9.67 Å². The average molecular weight is 334 g/mol. The van der Waals surface area contributed by atoms with Crippen LogP contribution in [-0.4, -0.2) is 34.0 Å². The molecule has 2 aliphatic heterocycles. The van der Waals surface area contributed by atoms with Crippen LogP contribution in [0, 0.1) is 5.92 Å². The van der Waals surface area contributed by atoms with Crippen molar-refractivity contribution >= 4 is 23.6 Å². The molecule has 1 amide bonds. The van der Waals surface area contributed by atoms with E-state index in [-0.39, 0.29) is 17.6 Å². The van der Waals surface area contributed by atoms with Gasteiger partial charge < -0.3 is 19.9 Å². The Morgan fingerprint density at radius 2 is 2.17 bits per heavy atom. The molecule has 122 valence electrons. The van der Waals surface area contributed by atoms with Gasteiger partial charge in [-0.2, -0.15) is 0 Å². The summed E-state index contributed by atoms with van der Waals surface area (Å²) >= 11 is 1.42. The highest BCUT2D eigenvalue weighted by Gasteiger charge is 2.55. The second-order valence-electron chi connectivity index (χ2n) is 5.97. The predicted molar refractivity (Wildman–Crippen MR) is 81.4 cm³/mol. The lowest BCUT2D eigenvalue weighted by Crippen LogP contribution is -2.62. The number of aliphatic carboxylic acids is 1. The number of β-lactam (4-membered cyclic amide) rings is 1. The highest BCUT2D eigenvalue weighted by atomic mass is 32.2. The summed E-state index contributed by atoms with van der Waals surface area (Å²) in [5, 5.41) is 21.1. The molecule has 0 aliphatic carbocycles. The molecule has 1 fully saturated rings. The molecule has 6 nitrogen and oxygen atoms in total. The smallest absolute Gasteiger partial charge is 0.235 e. The first-order valence-electron chi connectivity index (χ1n) is 7.42. The molecule has 0 radical (unpaired) electrons. The second kappa shape index (κ2) is 5.98. The number of pyridine rings is 1. The first-order valence-corrected chi connectivity index (χ1v) is 8.41. The molecule has 3 heterocycles. The summed E-state index contributed by atoms with van der Waals surface area (Å²) in [7, 11) is 1.93. The van der Waals surface area contributed by atoms with Crippen molar-refractivity contribution in [2.24, 2.45) is 13.0 Å². The molecular weight excluding hydrogens is 316 g/mol. The maximum atomic E-state index is 12.1. The molecule has 1 aromatic rings. The van der Waals surface area contributed by atoms with Gasteiger partial charge >= 0.3 is 0 Å². The zero-order valence-electron chi connectivity index (χ0n) is 12.9. The van der Waals surface area contributed by atoms with Crippen LogP contribution in [0.2, 0.25) is 0 Å². The highest BCUT2D eigenvalue weighted by Crippen LogP contribution is 2.47. The third kappa shape index (κ3) is 2.74. The largest absolute Gasteiger partial charge is 0.543 e. The van der Waals surface area contributed by atoms with E-state index in [2.05, 4.69) is 0 Å². The summed E-state index contributed by atoms with van der Waals surface area (Å²) in [6.07, 6.45) is 3.55. The van der Waals surface area contributed by atoms with Crippen molar-refractivity contribution in [1.29, 1.82) is 0 Å². The van der Waals surface area contributed by atoms with E-state index in [9.17, 15) is 19.8 Å². The number of fused-ring (bicyclic) bond motifs is 1. The summed E-state index contributed by atoms with van der Waals surface area (Å²) in [6.45, 7) is 1.56. The number of amides is 1. The lowest BCUT2D eigenvalue weighted by Gasteiger charge is -2.45. The Hall–Kier alpha value is -1.86. The van der Waals surface area contributed by atoms with Gasteiger partial charge in [-0.3, -0.25) is 4.79 Å². The first kappa shape index (κ1) is 16.0. The number of nitrogens with zero attached hydrogens (tertiary/aromatic N) is 2. The van der Waals surface area contributed by atoms with E-state index < -0.39 is 18.0 Å². The Balaban J connectivity index is 1.77. The number of hydrogen-bond donors (Lipinski definition) is 1. The maximum Gasteiger partial charge on any atom is 0.235 e. The Kier molecular flexibility index (Phi) is 4.16. The first-order chi connectivity index (χ1) is 10.9. The van der Waals surface area contributed by atoms with Crippen molar-refractivity contribution in [2.75, 3.05) is 0 Å². The minimum Gasteiger partial charge on any atom is -0.543 e. The van der Waals surface area contributed by atoms with E-state index in [1.54, 1.807) is 6.92 Å². The minimum absolute atomic E-state index is 0.0246. The van der Waals surface area contributed by atoms with Gasteiger partial charge in [0.25, 0.3) is 0 Å². The van der Waals surface area contributed by atoms with Crippen LogP contribution in [0.3, 0.4) is 0 Å². The third-order valence-corrected chi connectivity index (χ3v) is 5.53. The molecule has 0 aromatic carbocycles. The zero-order valence-corrected chi connectivity index (χ0v) is 13.7. The summed E-state index contributed by atoms with van der Waals surface area (Å²) in [4.78, 5) is 25.5. The number of carbonyl (C=O) groups is 2. The molecule has 23 heavy (non-hydrogen) atoms. The van der Waals surface area contributed by atoms with Crippen LogP contribution in [0.15, 0.2) is 35.1 Å². The fraction of sp³-hybridized carbons (Fsp3) is 0.438. The fourth-order valence-corrected chi connectivity index (χ4v) is 4.29. The Morgan fingerprint density at radius 3 is 2.74 bits per heavy atom. The van der Waals surface area contributed by atoms with Crippen LogP contribution in [0.25, 0.3) is 0 Å². The Morgan fingerprint density at radius 1 is 1.52 bits per heavy atom. The molecule has 1 N–H and O–H groups in total. The number of aliphatic hydroxyl groups excluding tert-OH is 1. The predicted octanol–water partition coefficient (Wildman–Crippen LogP) is -0.683. The quantitative estimate of drug-likeness (QED) is 0.570. The summed E-state index contributed by atoms with van der Waals surface area (Å²) < 4.78 is 1.92. The molecule has 0 spiro atoms. The number of carboxylic acid groups (broad SMARTS) is 1. The number of aromatic nitrogens is 1. The lowest BCUT2D eigenvalue weighted by molar-refractivity contribution is -0.671. The monoisotopic (exact) mass is 334 g/mol. The molecule has 2 unspecified atom stereocenters. The second-order valence-corrected chi connectivity index (χ2v) is 7.04. The van der Waals surface area contributed by atoms with E-state index in [0.29, 0.717) is 17.1 Å². The van der Waals surface area contributed by atoms with Crippen LogP contribution in [0.4, 0.5) is 0 Å². The SMILES string of the molecule is CC(O)[C@H]1C(=O)N2C(C(=O)[O-])=C(SCc3cc[n+](C)cc3)CC12. The summed E-state index contributed by atoms with van der Waals surface area (Å²) in [5.74, 6) is -1.54. The average Bonchev–Trinajstić information content (AvgIpc) is 2.81. The molecule has 2 aliphatic rings. The molecule has 0 saturated carbocycles.